The third-order valence-electron chi connectivity index (χ3n) is 2.95. The molecule has 2 aromatic rings. The zero-order valence-corrected chi connectivity index (χ0v) is 11.7. The van der Waals surface area contributed by atoms with E-state index in [1.807, 2.05) is 0 Å². The van der Waals surface area contributed by atoms with Crippen molar-refractivity contribution in [1.82, 2.24) is 4.72 Å². The molecule has 4 nitrogen and oxygen atoms in total. The molecule has 3 N–H and O–H groups in total. The van der Waals surface area contributed by atoms with Gasteiger partial charge in [0.05, 0.1) is 4.90 Å². The molecule has 0 aromatic heterocycles. The minimum atomic E-state index is -3.77. The molecule has 0 aliphatic rings. The average molecular weight is 294 g/mol. The molecule has 20 heavy (non-hydrogen) atoms. The lowest BCUT2D eigenvalue weighted by Crippen LogP contribution is -2.24. The van der Waals surface area contributed by atoms with Crippen LogP contribution >= 0.6 is 0 Å². The summed E-state index contributed by atoms with van der Waals surface area (Å²) < 4.78 is 40.0. The van der Waals surface area contributed by atoms with Crippen molar-refractivity contribution in [3.05, 3.63) is 59.4 Å². The van der Waals surface area contributed by atoms with Crippen LogP contribution in [0, 0.1) is 12.7 Å². The van der Waals surface area contributed by atoms with E-state index in [4.69, 9.17) is 5.73 Å². The first-order valence-electron chi connectivity index (χ1n) is 5.99. The van der Waals surface area contributed by atoms with Crippen LogP contribution in [0.4, 0.5) is 10.1 Å². The van der Waals surface area contributed by atoms with Crippen molar-refractivity contribution in [2.45, 2.75) is 18.4 Å². The highest BCUT2D eigenvalue weighted by atomic mass is 32.2. The summed E-state index contributed by atoms with van der Waals surface area (Å²) in [4.78, 5) is -0.0630. The van der Waals surface area contributed by atoms with Gasteiger partial charge in [0.2, 0.25) is 10.0 Å². The molecule has 6 heteroatoms. The third kappa shape index (κ3) is 3.15. The fraction of sp³-hybridized carbons (Fsp3) is 0.143. The van der Waals surface area contributed by atoms with Crippen molar-refractivity contribution >= 4 is 15.7 Å². The van der Waals surface area contributed by atoms with Crippen LogP contribution in [0.5, 0.6) is 0 Å². The molecular formula is C14H15FN2O2S. The summed E-state index contributed by atoms with van der Waals surface area (Å²) in [7, 11) is -3.77. The molecule has 0 heterocycles. The lowest BCUT2D eigenvalue weighted by Gasteiger charge is -2.10. The van der Waals surface area contributed by atoms with Crippen molar-refractivity contribution in [2.24, 2.45) is 0 Å². The Hall–Kier alpha value is -1.92. The van der Waals surface area contributed by atoms with Crippen LogP contribution in [0.15, 0.2) is 47.4 Å². The Labute approximate surface area is 117 Å². The first-order chi connectivity index (χ1) is 9.40. The monoisotopic (exact) mass is 294 g/mol. The average Bonchev–Trinajstić information content (AvgIpc) is 2.40. The SMILES string of the molecule is Cc1ccc(F)cc1S(=O)(=O)NCc1ccccc1N. The second-order valence-electron chi connectivity index (χ2n) is 4.43. The molecule has 0 fully saturated rings. The van der Waals surface area contributed by atoms with Crippen LogP contribution in [-0.2, 0) is 16.6 Å². The second-order valence-corrected chi connectivity index (χ2v) is 6.17. The van der Waals surface area contributed by atoms with Gasteiger partial charge in [-0.1, -0.05) is 24.3 Å². The number of nitrogen functional groups attached to an aromatic ring is 1. The molecule has 0 unspecified atom stereocenters. The van der Waals surface area contributed by atoms with Gasteiger partial charge in [-0.05, 0) is 36.2 Å². The summed E-state index contributed by atoms with van der Waals surface area (Å²) in [5.74, 6) is -0.588. The Kier molecular flexibility index (Phi) is 4.06. The van der Waals surface area contributed by atoms with E-state index < -0.39 is 15.8 Å². The summed E-state index contributed by atoms with van der Waals surface area (Å²) >= 11 is 0. The van der Waals surface area contributed by atoms with Crippen molar-refractivity contribution < 1.29 is 12.8 Å². The molecular weight excluding hydrogens is 279 g/mol. The lowest BCUT2D eigenvalue weighted by atomic mass is 10.2. The molecule has 0 amide bonds. The smallest absolute Gasteiger partial charge is 0.241 e. The number of hydrogen-bond donors (Lipinski definition) is 2. The Morgan fingerprint density at radius 3 is 2.60 bits per heavy atom. The van der Waals surface area contributed by atoms with Crippen LogP contribution in [0.2, 0.25) is 0 Å². The Bertz CT molecular complexity index is 730. The zero-order chi connectivity index (χ0) is 14.8. The third-order valence-corrected chi connectivity index (χ3v) is 4.49. The molecule has 0 aliphatic carbocycles. The van der Waals surface area contributed by atoms with Crippen LogP contribution in [0.25, 0.3) is 0 Å². The van der Waals surface area contributed by atoms with Gasteiger partial charge in [0.15, 0.2) is 0 Å². The van der Waals surface area contributed by atoms with E-state index in [1.54, 1.807) is 31.2 Å². The van der Waals surface area contributed by atoms with E-state index in [1.165, 1.54) is 12.1 Å². The van der Waals surface area contributed by atoms with Crippen LogP contribution in [-0.4, -0.2) is 8.42 Å². The van der Waals surface area contributed by atoms with E-state index in [-0.39, 0.29) is 11.4 Å². The van der Waals surface area contributed by atoms with E-state index in [0.717, 1.165) is 6.07 Å². The maximum absolute atomic E-state index is 13.2. The number of para-hydroxylation sites is 1. The molecule has 0 atom stereocenters. The van der Waals surface area contributed by atoms with E-state index in [9.17, 15) is 12.8 Å². The number of aryl methyl sites for hydroxylation is 1. The van der Waals surface area contributed by atoms with Crippen molar-refractivity contribution in [1.29, 1.82) is 0 Å². The van der Waals surface area contributed by atoms with Gasteiger partial charge in [-0.15, -0.1) is 0 Å². The topological polar surface area (TPSA) is 72.2 Å². The Balaban J connectivity index is 2.24. The van der Waals surface area contributed by atoms with Crippen LogP contribution in [0.1, 0.15) is 11.1 Å². The molecule has 0 aliphatic heterocycles. The molecule has 0 bridgehead atoms. The highest BCUT2D eigenvalue weighted by molar-refractivity contribution is 7.89. The predicted molar refractivity (Wildman–Crippen MR) is 76.0 cm³/mol. The number of anilines is 1. The number of nitrogens with one attached hydrogen (secondary N) is 1. The van der Waals surface area contributed by atoms with Crippen LogP contribution in [0.3, 0.4) is 0 Å². The quantitative estimate of drug-likeness (QED) is 0.849. The van der Waals surface area contributed by atoms with E-state index in [0.29, 0.717) is 16.8 Å². The van der Waals surface area contributed by atoms with E-state index in [2.05, 4.69) is 4.72 Å². The van der Waals surface area contributed by atoms with Crippen molar-refractivity contribution in [2.75, 3.05) is 5.73 Å². The predicted octanol–water partition coefficient (Wildman–Crippen LogP) is 2.19. The standard InChI is InChI=1S/C14H15FN2O2S/c1-10-6-7-12(15)8-14(10)20(18,19)17-9-11-4-2-3-5-13(11)16/h2-8,17H,9,16H2,1H3. The zero-order valence-electron chi connectivity index (χ0n) is 10.9. The minimum absolute atomic E-state index is 0.0605. The van der Waals surface area contributed by atoms with Crippen LogP contribution < -0.4 is 10.5 Å². The largest absolute Gasteiger partial charge is 0.398 e. The highest BCUT2D eigenvalue weighted by Gasteiger charge is 2.17. The van der Waals surface area contributed by atoms with Gasteiger partial charge in [-0.2, -0.15) is 0 Å². The first-order valence-corrected chi connectivity index (χ1v) is 7.47. The summed E-state index contributed by atoms with van der Waals surface area (Å²) in [5, 5.41) is 0. The molecule has 0 saturated heterocycles. The van der Waals surface area contributed by atoms with Crippen molar-refractivity contribution in [3.8, 4) is 0 Å². The maximum atomic E-state index is 13.2. The molecule has 106 valence electrons. The molecule has 0 saturated carbocycles. The fourth-order valence-corrected chi connectivity index (χ4v) is 3.07. The van der Waals surface area contributed by atoms with Gasteiger partial charge < -0.3 is 5.73 Å². The summed E-state index contributed by atoms with van der Waals surface area (Å²) in [5.41, 5.74) is 7.41. The lowest BCUT2D eigenvalue weighted by molar-refractivity contribution is 0.576. The second kappa shape index (κ2) is 5.60. The summed E-state index contributed by atoms with van der Waals surface area (Å²) in [6.07, 6.45) is 0. The van der Waals surface area contributed by atoms with Gasteiger partial charge in [-0.3, -0.25) is 0 Å². The van der Waals surface area contributed by atoms with E-state index >= 15 is 0 Å². The van der Waals surface area contributed by atoms with Crippen molar-refractivity contribution in [3.63, 3.8) is 0 Å². The maximum Gasteiger partial charge on any atom is 0.241 e. The Morgan fingerprint density at radius 1 is 1.20 bits per heavy atom. The summed E-state index contributed by atoms with van der Waals surface area (Å²) in [6.45, 7) is 1.68. The highest BCUT2D eigenvalue weighted by Crippen LogP contribution is 2.17. The molecule has 0 radical (unpaired) electrons. The minimum Gasteiger partial charge on any atom is -0.398 e. The Morgan fingerprint density at radius 2 is 1.90 bits per heavy atom. The molecule has 2 rings (SSSR count). The first kappa shape index (κ1) is 14.5. The van der Waals surface area contributed by atoms with Gasteiger partial charge in [0, 0.05) is 12.2 Å². The number of benzene rings is 2. The number of hydrogen-bond acceptors (Lipinski definition) is 3. The number of halogens is 1. The number of sulfonamides is 1. The summed E-state index contributed by atoms with van der Waals surface area (Å²) in [6, 6.07) is 10.6. The van der Waals surface area contributed by atoms with Gasteiger partial charge in [0.1, 0.15) is 5.82 Å². The molecule has 2 aromatic carbocycles. The van der Waals surface area contributed by atoms with Gasteiger partial charge >= 0.3 is 0 Å². The number of nitrogens with two attached hydrogens (primary N) is 1. The van der Waals surface area contributed by atoms with Gasteiger partial charge in [0.25, 0.3) is 0 Å². The fourth-order valence-electron chi connectivity index (χ4n) is 1.81. The van der Waals surface area contributed by atoms with Gasteiger partial charge in [-0.25, -0.2) is 17.5 Å². The normalized spacial score (nSPS) is 11.5. The number of rotatable bonds is 4. The molecule has 0 spiro atoms.